The molecule has 0 atom stereocenters. The minimum absolute atomic E-state index is 0.121. The standard InChI is InChI=1S/C14H18F3N3O2/c1-9-7-12(14(15,16)17)4-3-11(9)8-20-13(22)19-6-5-18-10(2)21/h3-4,7H,5-6,8H2,1-2H3,(H,18,21)(H2,19,20,22). The van der Waals surface area contributed by atoms with Crippen LogP contribution in [0, 0.1) is 6.92 Å². The van der Waals surface area contributed by atoms with E-state index in [9.17, 15) is 22.8 Å². The van der Waals surface area contributed by atoms with Gasteiger partial charge >= 0.3 is 12.2 Å². The molecule has 8 heteroatoms. The molecule has 22 heavy (non-hydrogen) atoms. The van der Waals surface area contributed by atoms with Crippen LogP contribution in [0.1, 0.15) is 23.6 Å². The predicted molar refractivity (Wildman–Crippen MR) is 75.1 cm³/mol. The normalized spacial score (nSPS) is 11.0. The third kappa shape index (κ3) is 6.02. The highest BCUT2D eigenvalue weighted by Crippen LogP contribution is 2.30. The second-order valence-corrected chi connectivity index (χ2v) is 4.73. The molecule has 3 amide bonds. The number of nitrogens with one attached hydrogen (secondary N) is 3. The Hall–Kier alpha value is -2.25. The summed E-state index contributed by atoms with van der Waals surface area (Å²) in [6.07, 6.45) is -4.38. The van der Waals surface area contributed by atoms with Crippen LogP contribution in [0.15, 0.2) is 18.2 Å². The molecule has 0 aromatic heterocycles. The van der Waals surface area contributed by atoms with Crippen LogP contribution < -0.4 is 16.0 Å². The number of aryl methyl sites for hydroxylation is 1. The van der Waals surface area contributed by atoms with Crippen molar-refractivity contribution in [1.82, 2.24) is 16.0 Å². The van der Waals surface area contributed by atoms with E-state index in [1.807, 2.05) is 0 Å². The second-order valence-electron chi connectivity index (χ2n) is 4.73. The molecule has 0 aliphatic heterocycles. The lowest BCUT2D eigenvalue weighted by Gasteiger charge is -2.12. The average Bonchev–Trinajstić information content (AvgIpc) is 2.41. The van der Waals surface area contributed by atoms with Crippen molar-refractivity contribution in [2.24, 2.45) is 0 Å². The Kier molecular flexibility index (Phi) is 6.21. The van der Waals surface area contributed by atoms with Gasteiger partial charge in [-0.1, -0.05) is 6.07 Å². The number of benzene rings is 1. The molecular weight excluding hydrogens is 299 g/mol. The predicted octanol–water partition coefficient (Wildman–Crippen LogP) is 1.95. The van der Waals surface area contributed by atoms with Crippen LogP contribution >= 0.6 is 0 Å². The van der Waals surface area contributed by atoms with Crippen molar-refractivity contribution in [2.75, 3.05) is 13.1 Å². The molecule has 1 aromatic carbocycles. The molecule has 0 unspecified atom stereocenters. The minimum atomic E-state index is -4.38. The van der Waals surface area contributed by atoms with Gasteiger partial charge in [-0.2, -0.15) is 13.2 Å². The van der Waals surface area contributed by atoms with E-state index < -0.39 is 17.8 Å². The molecule has 1 aromatic rings. The van der Waals surface area contributed by atoms with Gasteiger partial charge in [0.25, 0.3) is 0 Å². The fraction of sp³-hybridized carbons (Fsp3) is 0.429. The van der Waals surface area contributed by atoms with Crippen molar-refractivity contribution in [3.8, 4) is 0 Å². The van der Waals surface area contributed by atoms with E-state index in [-0.39, 0.29) is 19.0 Å². The van der Waals surface area contributed by atoms with Gasteiger partial charge in [-0.15, -0.1) is 0 Å². The molecule has 0 fully saturated rings. The molecule has 0 radical (unpaired) electrons. The molecule has 0 saturated heterocycles. The van der Waals surface area contributed by atoms with Crippen LogP contribution in [0.25, 0.3) is 0 Å². The van der Waals surface area contributed by atoms with Crippen molar-refractivity contribution in [3.05, 3.63) is 34.9 Å². The topological polar surface area (TPSA) is 70.2 Å². The van der Waals surface area contributed by atoms with Crippen LogP contribution in [-0.2, 0) is 17.5 Å². The maximum atomic E-state index is 12.5. The summed E-state index contributed by atoms with van der Waals surface area (Å²) >= 11 is 0. The van der Waals surface area contributed by atoms with Gasteiger partial charge in [-0.25, -0.2) is 4.79 Å². The number of hydrogen-bond acceptors (Lipinski definition) is 2. The van der Waals surface area contributed by atoms with Crippen LogP contribution in [0.4, 0.5) is 18.0 Å². The molecule has 3 N–H and O–H groups in total. The number of halogens is 3. The van der Waals surface area contributed by atoms with Gasteiger partial charge in [0.2, 0.25) is 5.91 Å². The molecule has 0 spiro atoms. The first-order valence-electron chi connectivity index (χ1n) is 6.63. The first-order chi connectivity index (χ1) is 10.2. The van der Waals surface area contributed by atoms with Gasteiger partial charge in [0, 0.05) is 26.6 Å². The molecule has 0 saturated carbocycles. The zero-order valence-corrected chi connectivity index (χ0v) is 12.3. The molecule has 5 nitrogen and oxygen atoms in total. The first-order valence-corrected chi connectivity index (χ1v) is 6.63. The summed E-state index contributed by atoms with van der Waals surface area (Å²) in [7, 11) is 0. The summed E-state index contributed by atoms with van der Waals surface area (Å²) in [4.78, 5) is 22.1. The zero-order valence-electron chi connectivity index (χ0n) is 12.3. The van der Waals surface area contributed by atoms with Crippen LogP contribution in [0.5, 0.6) is 0 Å². The lowest BCUT2D eigenvalue weighted by Crippen LogP contribution is -2.39. The number of amides is 3. The summed E-state index contributed by atoms with van der Waals surface area (Å²) in [5, 5.41) is 7.58. The summed E-state index contributed by atoms with van der Waals surface area (Å²) in [5.41, 5.74) is 0.340. The Balaban J connectivity index is 2.44. The van der Waals surface area contributed by atoms with Gasteiger partial charge in [0.1, 0.15) is 0 Å². The van der Waals surface area contributed by atoms with Crippen molar-refractivity contribution in [2.45, 2.75) is 26.6 Å². The van der Waals surface area contributed by atoms with E-state index in [0.717, 1.165) is 12.1 Å². The van der Waals surface area contributed by atoms with Gasteiger partial charge in [-0.05, 0) is 30.2 Å². The van der Waals surface area contributed by atoms with Crippen LogP contribution in [-0.4, -0.2) is 25.0 Å². The Morgan fingerprint density at radius 1 is 1.09 bits per heavy atom. The molecule has 122 valence electrons. The SMILES string of the molecule is CC(=O)NCCNC(=O)NCc1ccc(C(F)(F)F)cc1C. The molecule has 0 heterocycles. The van der Waals surface area contributed by atoms with Crippen molar-refractivity contribution >= 4 is 11.9 Å². The van der Waals surface area contributed by atoms with Crippen molar-refractivity contribution < 1.29 is 22.8 Å². The largest absolute Gasteiger partial charge is 0.416 e. The smallest absolute Gasteiger partial charge is 0.355 e. The third-order valence-corrected chi connectivity index (χ3v) is 2.89. The number of carbonyl (C=O) groups is 2. The highest BCUT2D eigenvalue weighted by molar-refractivity contribution is 5.74. The van der Waals surface area contributed by atoms with E-state index in [1.165, 1.54) is 13.0 Å². The molecular formula is C14H18F3N3O2. The zero-order chi connectivity index (χ0) is 16.8. The van der Waals surface area contributed by atoms with E-state index in [2.05, 4.69) is 16.0 Å². The van der Waals surface area contributed by atoms with Gasteiger partial charge in [-0.3, -0.25) is 4.79 Å². The Labute approximate surface area is 126 Å². The summed E-state index contributed by atoms with van der Waals surface area (Å²) in [6, 6.07) is 2.92. The maximum absolute atomic E-state index is 12.5. The number of carbonyl (C=O) groups excluding carboxylic acids is 2. The molecule has 0 bridgehead atoms. The molecule has 0 aliphatic rings. The van der Waals surface area contributed by atoms with Crippen LogP contribution in [0.2, 0.25) is 0 Å². The fourth-order valence-corrected chi connectivity index (χ4v) is 1.72. The molecule has 1 rings (SSSR count). The van der Waals surface area contributed by atoms with E-state index in [1.54, 1.807) is 6.92 Å². The summed E-state index contributed by atoms with van der Waals surface area (Å²) in [6.45, 7) is 3.61. The number of urea groups is 1. The minimum Gasteiger partial charge on any atom is -0.355 e. The van der Waals surface area contributed by atoms with Crippen molar-refractivity contribution in [3.63, 3.8) is 0 Å². The fourth-order valence-electron chi connectivity index (χ4n) is 1.72. The lowest BCUT2D eigenvalue weighted by molar-refractivity contribution is -0.137. The van der Waals surface area contributed by atoms with Gasteiger partial charge in [0.15, 0.2) is 0 Å². The Bertz CT molecular complexity index is 545. The lowest BCUT2D eigenvalue weighted by atomic mass is 10.0. The number of rotatable bonds is 5. The monoisotopic (exact) mass is 317 g/mol. The summed E-state index contributed by atoms with van der Waals surface area (Å²) < 4.78 is 37.6. The first kappa shape index (κ1) is 17.8. The number of hydrogen-bond donors (Lipinski definition) is 3. The van der Waals surface area contributed by atoms with Crippen LogP contribution in [0.3, 0.4) is 0 Å². The average molecular weight is 317 g/mol. The van der Waals surface area contributed by atoms with E-state index >= 15 is 0 Å². The molecule has 0 aliphatic carbocycles. The number of alkyl halides is 3. The highest BCUT2D eigenvalue weighted by atomic mass is 19.4. The van der Waals surface area contributed by atoms with Gasteiger partial charge in [0.05, 0.1) is 5.56 Å². The Morgan fingerprint density at radius 3 is 2.27 bits per heavy atom. The van der Waals surface area contributed by atoms with Gasteiger partial charge < -0.3 is 16.0 Å². The maximum Gasteiger partial charge on any atom is 0.416 e. The van der Waals surface area contributed by atoms with Crippen molar-refractivity contribution in [1.29, 1.82) is 0 Å². The van der Waals surface area contributed by atoms with E-state index in [0.29, 0.717) is 17.7 Å². The highest BCUT2D eigenvalue weighted by Gasteiger charge is 2.30. The second kappa shape index (κ2) is 7.67. The quantitative estimate of drug-likeness (QED) is 0.727. The third-order valence-electron chi connectivity index (χ3n) is 2.89. The Morgan fingerprint density at radius 2 is 1.73 bits per heavy atom. The van der Waals surface area contributed by atoms with E-state index in [4.69, 9.17) is 0 Å². The summed E-state index contributed by atoms with van der Waals surface area (Å²) in [5.74, 6) is -0.192.